The quantitative estimate of drug-likeness (QED) is 0.697. The van der Waals surface area contributed by atoms with Gasteiger partial charge in [-0.05, 0) is 35.4 Å². The lowest BCUT2D eigenvalue weighted by Crippen LogP contribution is -2.27. The van der Waals surface area contributed by atoms with Crippen LogP contribution >= 0.6 is 15.9 Å². The fourth-order valence-corrected chi connectivity index (χ4v) is 3.23. The van der Waals surface area contributed by atoms with Gasteiger partial charge in [-0.1, -0.05) is 70.5 Å². The Morgan fingerprint density at radius 2 is 1.64 bits per heavy atom. The topological polar surface area (TPSA) is 29.1 Å². The number of fused-ring (bicyclic) bond motifs is 1. The second-order valence-electron chi connectivity index (χ2n) is 5.24. The zero-order valence-electron chi connectivity index (χ0n) is 12.2. The summed E-state index contributed by atoms with van der Waals surface area (Å²) in [5.41, 5.74) is 1.77. The van der Waals surface area contributed by atoms with E-state index in [1.807, 2.05) is 73.7 Å². The van der Waals surface area contributed by atoms with Crippen molar-refractivity contribution in [2.24, 2.45) is 0 Å². The molecule has 1 amide bonds. The number of amides is 1. The number of carbonyl (C=O) groups is 1. The molecule has 0 heterocycles. The van der Waals surface area contributed by atoms with Gasteiger partial charge in [0.25, 0.3) is 5.91 Å². The zero-order chi connectivity index (χ0) is 15.5. The van der Waals surface area contributed by atoms with Gasteiger partial charge in [-0.15, -0.1) is 0 Å². The molecule has 3 aromatic carbocycles. The molecule has 0 saturated heterocycles. The zero-order valence-corrected chi connectivity index (χ0v) is 13.8. The third-order valence-corrected chi connectivity index (χ3v) is 4.48. The highest BCUT2D eigenvalue weighted by Crippen LogP contribution is 2.24. The van der Waals surface area contributed by atoms with Gasteiger partial charge in [-0.2, -0.15) is 0 Å². The van der Waals surface area contributed by atoms with Crippen LogP contribution in [-0.4, -0.2) is 5.91 Å². The van der Waals surface area contributed by atoms with Gasteiger partial charge in [0.15, 0.2) is 0 Å². The number of hydrogen-bond donors (Lipinski definition) is 1. The van der Waals surface area contributed by atoms with E-state index >= 15 is 0 Å². The van der Waals surface area contributed by atoms with Gasteiger partial charge in [0.1, 0.15) is 0 Å². The van der Waals surface area contributed by atoms with E-state index in [-0.39, 0.29) is 11.9 Å². The van der Waals surface area contributed by atoms with Gasteiger partial charge in [0, 0.05) is 10.0 Å². The molecular weight excluding hydrogens is 338 g/mol. The van der Waals surface area contributed by atoms with Crippen molar-refractivity contribution in [3.8, 4) is 0 Å². The second kappa shape index (κ2) is 6.32. The van der Waals surface area contributed by atoms with Crippen molar-refractivity contribution in [1.82, 2.24) is 5.32 Å². The van der Waals surface area contributed by atoms with E-state index in [0.29, 0.717) is 5.56 Å². The molecule has 110 valence electrons. The van der Waals surface area contributed by atoms with E-state index < -0.39 is 0 Å². The highest BCUT2D eigenvalue weighted by Gasteiger charge is 2.15. The van der Waals surface area contributed by atoms with Crippen molar-refractivity contribution < 1.29 is 4.79 Å². The summed E-state index contributed by atoms with van der Waals surface area (Å²) in [6, 6.07) is 21.6. The molecule has 0 aromatic heterocycles. The van der Waals surface area contributed by atoms with E-state index in [1.54, 1.807) is 0 Å². The largest absolute Gasteiger partial charge is 0.345 e. The molecule has 0 radical (unpaired) electrons. The maximum absolute atomic E-state index is 12.6. The molecule has 0 bridgehead atoms. The SMILES string of the molecule is CC(NC(=O)c1cccc2ccccc12)c1ccccc1Br. The van der Waals surface area contributed by atoms with Crippen LogP contribution in [0.1, 0.15) is 28.9 Å². The molecule has 1 unspecified atom stereocenters. The molecular formula is C19H16BrNO. The lowest BCUT2D eigenvalue weighted by molar-refractivity contribution is 0.0941. The highest BCUT2D eigenvalue weighted by molar-refractivity contribution is 9.10. The molecule has 2 nitrogen and oxygen atoms in total. The Labute approximate surface area is 138 Å². The molecule has 3 heteroatoms. The van der Waals surface area contributed by atoms with Gasteiger partial charge in [0.2, 0.25) is 0 Å². The van der Waals surface area contributed by atoms with Crippen molar-refractivity contribution in [2.45, 2.75) is 13.0 Å². The fourth-order valence-electron chi connectivity index (χ4n) is 2.60. The first-order chi connectivity index (χ1) is 10.7. The van der Waals surface area contributed by atoms with Crippen LogP contribution in [0.3, 0.4) is 0 Å². The standard InChI is InChI=1S/C19H16BrNO/c1-13(15-9-4-5-12-18(15)20)21-19(22)17-11-6-8-14-7-2-3-10-16(14)17/h2-13H,1H3,(H,21,22). The van der Waals surface area contributed by atoms with Crippen LogP contribution in [0, 0.1) is 0 Å². The van der Waals surface area contributed by atoms with Crippen LogP contribution in [-0.2, 0) is 0 Å². The molecule has 0 aliphatic carbocycles. The van der Waals surface area contributed by atoms with E-state index in [4.69, 9.17) is 0 Å². The van der Waals surface area contributed by atoms with Crippen molar-refractivity contribution in [1.29, 1.82) is 0 Å². The maximum Gasteiger partial charge on any atom is 0.252 e. The van der Waals surface area contributed by atoms with Gasteiger partial charge in [0.05, 0.1) is 6.04 Å². The van der Waals surface area contributed by atoms with E-state index in [9.17, 15) is 4.79 Å². The third-order valence-electron chi connectivity index (χ3n) is 3.75. The van der Waals surface area contributed by atoms with Crippen LogP contribution < -0.4 is 5.32 Å². The molecule has 0 fully saturated rings. The molecule has 3 rings (SSSR count). The average Bonchev–Trinajstić information content (AvgIpc) is 2.54. The first-order valence-electron chi connectivity index (χ1n) is 7.20. The number of hydrogen-bond acceptors (Lipinski definition) is 1. The van der Waals surface area contributed by atoms with Crippen molar-refractivity contribution >= 4 is 32.6 Å². The number of carbonyl (C=O) groups excluding carboxylic acids is 1. The lowest BCUT2D eigenvalue weighted by Gasteiger charge is -2.16. The molecule has 0 aliphatic heterocycles. The van der Waals surface area contributed by atoms with Crippen molar-refractivity contribution in [2.75, 3.05) is 0 Å². The first kappa shape index (κ1) is 14.8. The van der Waals surface area contributed by atoms with E-state index in [2.05, 4.69) is 21.2 Å². The summed E-state index contributed by atoms with van der Waals surface area (Å²) < 4.78 is 1.00. The van der Waals surface area contributed by atoms with Crippen LogP contribution in [0.25, 0.3) is 10.8 Å². The van der Waals surface area contributed by atoms with Gasteiger partial charge in [-0.3, -0.25) is 4.79 Å². The number of rotatable bonds is 3. The van der Waals surface area contributed by atoms with Crippen molar-refractivity contribution in [3.05, 3.63) is 82.3 Å². The Morgan fingerprint density at radius 1 is 0.955 bits per heavy atom. The fraction of sp³-hybridized carbons (Fsp3) is 0.105. The van der Waals surface area contributed by atoms with Gasteiger partial charge < -0.3 is 5.32 Å². The number of halogens is 1. The number of nitrogens with one attached hydrogen (secondary N) is 1. The minimum atomic E-state index is -0.0676. The molecule has 22 heavy (non-hydrogen) atoms. The molecule has 1 N–H and O–H groups in total. The van der Waals surface area contributed by atoms with E-state index in [1.165, 1.54) is 0 Å². The predicted molar refractivity (Wildman–Crippen MR) is 94.0 cm³/mol. The van der Waals surface area contributed by atoms with Crippen LogP contribution in [0.4, 0.5) is 0 Å². The van der Waals surface area contributed by atoms with Crippen LogP contribution in [0.15, 0.2) is 71.2 Å². The summed E-state index contributed by atoms with van der Waals surface area (Å²) >= 11 is 3.53. The maximum atomic E-state index is 12.6. The van der Waals surface area contributed by atoms with Crippen LogP contribution in [0.5, 0.6) is 0 Å². The second-order valence-corrected chi connectivity index (χ2v) is 6.10. The summed E-state index contributed by atoms with van der Waals surface area (Å²) in [6.07, 6.45) is 0. The summed E-state index contributed by atoms with van der Waals surface area (Å²) in [5.74, 6) is -0.0555. The average molecular weight is 354 g/mol. The molecule has 0 spiro atoms. The Kier molecular flexibility index (Phi) is 4.25. The number of benzene rings is 3. The first-order valence-corrected chi connectivity index (χ1v) is 7.99. The molecule has 3 aromatic rings. The smallest absolute Gasteiger partial charge is 0.252 e. The minimum absolute atomic E-state index is 0.0555. The molecule has 0 aliphatic rings. The summed E-state index contributed by atoms with van der Waals surface area (Å²) in [6.45, 7) is 1.99. The highest BCUT2D eigenvalue weighted by atomic mass is 79.9. The molecule has 1 atom stereocenters. The Balaban J connectivity index is 1.89. The third kappa shape index (κ3) is 2.90. The minimum Gasteiger partial charge on any atom is -0.345 e. The van der Waals surface area contributed by atoms with Gasteiger partial charge in [-0.25, -0.2) is 0 Å². The summed E-state index contributed by atoms with van der Waals surface area (Å²) in [5, 5.41) is 5.12. The molecule has 0 saturated carbocycles. The van der Waals surface area contributed by atoms with Crippen LogP contribution in [0.2, 0.25) is 0 Å². The lowest BCUT2D eigenvalue weighted by atomic mass is 10.0. The Hall–Kier alpha value is -2.13. The Morgan fingerprint density at radius 3 is 2.45 bits per heavy atom. The normalized spacial score (nSPS) is 12.1. The van der Waals surface area contributed by atoms with Gasteiger partial charge >= 0.3 is 0 Å². The van der Waals surface area contributed by atoms with Crippen molar-refractivity contribution in [3.63, 3.8) is 0 Å². The monoisotopic (exact) mass is 353 g/mol. The summed E-state index contributed by atoms with van der Waals surface area (Å²) in [7, 11) is 0. The Bertz CT molecular complexity index is 823. The summed E-state index contributed by atoms with van der Waals surface area (Å²) in [4.78, 5) is 12.6. The van der Waals surface area contributed by atoms with E-state index in [0.717, 1.165) is 20.8 Å². The predicted octanol–water partition coefficient (Wildman–Crippen LogP) is 5.09.